The second-order valence-electron chi connectivity index (χ2n) is 5.92. The van der Waals surface area contributed by atoms with Crippen molar-refractivity contribution in [2.75, 3.05) is 31.9 Å². The van der Waals surface area contributed by atoms with Crippen LogP contribution in [0.25, 0.3) is 0 Å². The first-order valence-electron chi connectivity index (χ1n) is 7.66. The maximum absolute atomic E-state index is 12.2. The Hall–Kier alpha value is -0.130. The van der Waals surface area contributed by atoms with E-state index in [4.69, 9.17) is 0 Å². The van der Waals surface area contributed by atoms with E-state index in [0.29, 0.717) is 17.6 Å². The Balaban J connectivity index is 2.25. The van der Waals surface area contributed by atoms with E-state index in [1.165, 1.54) is 0 Å². The molecular formula is C14H30N2O2S. The minimum atomic E-state index is -3.01. The summed E-state index contributed by atoms with van der Waals surface area (Å²) >= 11 is 0. The number of nitrogens with one attached hydrogen (secondary N) is 1. The summed E-state index contributed by atoms with van der Waals surface area (Å²) in [5.41, 5.74) is 0. The highest BCUT2D eigenvalue weighted by molar-refractivity contribution is 7.89. The van der Waals surface area contributed by atoms with Crippen molar-refractivity contribution in [3.63, 3.8) is 0 Å². The third kappa shape index (κ3) is 5.79. The number of rotatable bonds is 9. The Bertz CT molecular complexity index is 341. The first kappa shape index (κ1) is 16.9. The van der Waals surface area contributed by atoms with Crippen molar-refractivity contribution in [2.45, 2.75) is 46.5 Å². The highest BCUT2D eigenvalue weighted by atomic mass is 32.2. The van der Waals surface area contributed by atoms with Gasteiger partial charge >= 0.3 is 0 Å². The molecule has 1 saturated heterocycles. The van der Waals surface area contributed by atoms with Gasteiger partial charge in [0.2, 0.25) is 10.0 Å². The van der Waals surface area contributed by atoms with Gasteiger partial charge in [0.05, 0.1) is 5.75 Å². The average Bonchev–Trinajstić information content (AvgIpc) is 2.84. The third-order valence-electron chi connectivity index (χ3n) is 3.96. The van der Waals surface area contributed by atoms with Gasteiger partial charge in [0.25, 0.3) is 0 Å². The first-order valence-corrected chi connectivity index (χ1v) is 9.26. The zero-order valence-corrected chi connectivity index (χ0v) is 13.5. The molecule has 0 aromatic rings. The average molecular weight is 290 g/mol. The number of sulfonamides is 1. The molecule has 0 spiro atoms. The SMILES string of the molecule is CCCNCCCCS(=O)(=O)N1CCC(C(C)C)C1. The van der Waals surface area contributed by atoms with Crippen LogP contribution in [-0.4, -0.2) is 44.7 Å². The van der Waals surface area contributed by atoms with Gasteiger partial charge in [0.15, 0.2) is 0 Å². The van der Waals surface area contributed by atoms with E-state index in [1.54, 1.807) is 4.31 Å². The van der Waals surface area contributed by atoms with Gasteiger partial charge in [-0.3, -0.25) is 0 Å². The van der Waals surface area contributed by atoms with Crippen LogP contribution in [0.2, 0.25) is 0 Å². The molecule has 0 aliphatic carbocycles. The van der Waals surface area contributed by atoms with Crippen molar-refractivity contribution in [1.82, 2.24) is 9.62 Å². The second kappa shape index (κ2) is 8.22. The molecule has 5 heteroatoms. The summed E-state index contributed by atoms with van der Waals surface area (Å²) in [6, 6.07) is 0. The standard InChI is InChI=1S/C14H30N2O2S/c1-4-8-15-9-5-6-11-19(17,18)16-10-7-14(12-16)13(2)3/h13-15H,4-12H2,1-3H3. The van der Waals surface area contributed by atoms with Crippen LogP contribution >= 0.6 is 0 Å². The van der Waals surface area contributed by atoms with Crippen LogP contribution in [-0.2, 0) is 10.0 Å². The largest absolute Gasteiger partial charge is 0.317 e. The third-order valence-corrected chi connectivity index (χ3v) is 5.88. The maximum Gasteiger partial charge on any atom is 0.214 e. The van der Waals surface area contributed by atoms with Gasteiger partial charge < -0.3 is 5.32 Å². The molecule has 19 heavy (non-hydrogen) atoms. The molecule has 0 aromatic heterocycles. The van der Waals surface area contributed by atoms with Gasteiger partial charge in [-0.25, -0.2) is 12.7 Å². The lowest BCUT2D eigenvalue weighted by Crippen LogP contribution is -2.31. The van der Waals surface area contributed by atoms with E-state index in [9.17, 15) is 8.42 Å². The molecule has 1 N–H and O–H groups in total. The minimum absolute atomic E-state index is 0.311. The van der Waals surface area contributed by atoms with Crippen molar-refractivity contribution >= 4 is 10.0 Å². The zero-order valence-electron chi connectivity index (χ0n) is 12.7. The van der Waals surface area contributed by atoms with Gasteiger partial charge in [0, 0.05) is 13.1 Å². The van der Waals surface area contributed by atoms with Gasteiger partial charge in [-0.2, -0.15) is 0 Å². The molecule has 0 aromatic carbocycles. The molecule has 1 aliphatic rings. The Labute approximate surface area is 119 Å². The first-order chi connectivity index (χ1) is 8.97. The molecule has 1 unspecified atom stereocenters. The number of hydrogen-bond acceptors (Lipinski definition) is 3. The van der Waals surface area contributed by atoms with Crippen molar-refractivity contribution in [3.8, 4) is 0 Å². The van der Waals surface area contributed by atoms with E-state index in [0.717, 1.165) is 51.9 Å². The Kier molecular flexibility index (Phi) is 7.32. The minimum Gasteiger partial charge on any atom is -0.317 e. The number of hydrogen-bond donors (Lipinski definition) is 1. The summed E-state index contributed by atoms with van der Waals surface area (Å²) in [4.78, 5) is 0. The lowest BCUT2D eigenvalue weighted by molar-refractivity contribution is 0.388. The van der Waals surface area contributed by atoms with Crippen LogP contribution in [0.5, 0.6) is 0 Å². The number of unbranched alkanes of at least 4 members (excludes halogenated alkanes) is 1. The van der Waals surface area contributed by atoms with Crippen LogP contribution in [0.3, 0.4) is 0 Å². The highest BCUT2D eigenvalue weighted by Crippen LogP contribution is 2.26. The predicted octanol–water partition coefficient (Wildman–Crippen LogP) is 2.07. The zero-order chi connectivity index (χ0) is 14.3. The van der Waals surface area contributed by atoms with Gasteiger partial charge in [-0.1, -0.05) is 20.8 Å². The lowest BCUT2D eigenvalue weighted by Gasteiger charge is -2.18. The monoisotopic (exact) mass is 290 g/mol. The van der Waals surface area contributed by atoms with Gasteiger partial charge in [-0.15, -0.1) is 0 Å². The molecule has 0 bridgehead atoms. The fourth-order valence-electron chi connectivity index (χ4n) is 2.52. The molecule has 1 rings (SSSR count). The molecule has 0 radical (unpaired) electrons. The van der Waals surface area contributed by atoms with E-state index in [1.807, 2.05) is 0 Å². The summed E-state index contributed by atoms with van der Waals surface area (Å²) in [5.74, 6) is 1.44. The fraction of sp³-hybridized carbons (Fsp3) is 1.00. The van der Waals surface area contributed by atoms with Crippen LogP contribution in [0.1, 0.15) is 46.5 Å². The molecule has 0 saturated carbocycles. The summed E-state index contributed by atoms with van der Waals surface area (Å²) < 4.78 is 26.1. The van der Waals surface area contributed by atoms with E-state index < -0.39 is 10.0 Å². The van der Waals surface area contributed by atoms with Gasteiger partial charge in [-0.05, 0) is 50.6 Å². The van der Waals surface area contributed by atoms with E-state index in [2.05, 4.69) is 26.1 Å². The molecular weight excluding hydrogens is 260 g/mol. The Morgan fingerprint density at radius 1 is 1.26 bits per heavy atom. The maximum atomic E-state index is 12.2. The van der Waals surface area contributed by atoms with Crippen LogP contribution in [0.4, 0.5) is 0 Å². The normalized spacial score (nSPS) is 21.4. The highest BCUT2D eigenvalue weighted by Gasteiger charge is 2.31. The Morgan fingerprint density at radius 3 is 2.58 bits per heavy atom. The second-order valence-corrected chi connectivity index (χ2v) is 8.01. The van der Waals surface area contributed by atoms with Crippen molar-refractivity contribution < 1.29 is 8.42 Å². The summed E-state index contributed by atoms with van der Waals surface area (Å²) in [7, 11) is -3.01. The predicted molar refractivity (Wildman–Crippen MR) is 80.7 cm³/mol. The Morgan fingerprint density at radius 2 is 2.00 bits per heavy atom. The summed E-state index contributed by atoms with van der Waals surface area (Å²) in [6.45, 7) is 9.90. The molecule has 1 fully saturated rings. The van der Waals surface area contributed by atoms with E-state index >= 15 is 0 Å². The van der Waals surface area contributed by atoms with Crippen molar-refractivity contribution in [1.29, 1.82) is 0 Å². The lowest BCUT2D eigenvalue weighted by atomic mass is 9.96. The smallest absolute Gasteiger partial charge is 0.214 e. The van der Waals surface area contributed by atoms with Crippen LogP contribution in [0.15, 0.2) is 0 Å². The molecule has 1 atom stereocenters. The summed E-state index contributed by atoms with van der Waals surface area (Å²) in [5, 5.41) is 3.30. The van der Waals surface area contributed by atoms with Gasteiger partial charge in [0.1, 0.15) is 0 Å². The van der Waals surface area contributed by atoms with E-state index in [-0.39, 0.29) is 0 Å². The summed E-state index contributed by atoms with van der Waals surface area (Å²) in [6.07, 6.45) is 3.86. The number of nitrogens with zero attached hydrogens (tertiary/aromatic N) is 1. The topological polar surface area (TPSA) is 49.4 Å². The quantitative estimate of drug-likeness (QED) is 0.661. The molecule has 0 amide bonds. The van der Waals surface area contributed by atoms with Crippen LogP contribution in [0, 0.1) is 11.8 Å². The molecule has 4 nitrogen and oxygen atoms in total. The molecule has 114 valence electrons. The molecule has 1 aliphatic heterocycles. The van der Waals surface area contributed by atoms with Crippen LogP contribution < -0.4 is 5.32 Å². The molecule has 1 heterocycles. The van der Waals surface area contributed by atoms with Crippen molar-refractivity contribution in [3.05, 3.63) is 0 Å². The van der Waals surface area contributed by atoms with Crippen molar-refractivity contribution in [2.24, 2.45) is 11.8 Å². The fourth-order valence-corrected chi connectivity index (χ4v) is 4.15.